The van der Waals surface area contributed by atoms with Gasteiger partial charge in [-0.05, 0) is 18.6 Å². The highest BCUT2D eigenvalue weighted by molar-refractivity contribution is 7.84. The number of hydrogen-bond donors (Lipinski definition) is 2. The molecule has 1 aromatic rings. The number of hydrogen-bond acceptors (Lipinski definition) is 3. The fraction of sp³-hybridized carbons (Fsp3) is 0.385. The van der Waals surface area contributed by atoms with Gasteiger partial charge in [-0.25, -0.2) is 4.79 Å². The zero-order chi connectivity index (χ0) is 14.4. The van der Waals surface area contributed by atoms with Crippen molar-refractivity contribution in [1.29, 1.82) is 0 Å². The minimum absolute atomic E-state index is 0.00461. The average Bonchev–Trinajstić information content (AvgIpc) is 2.38. The van der Waals surface area contributed by atoms with Gasteiger partial charge in [0.2, 0.25) is 0 Å². The van der Waals surface area contributed by atoms with Gasteiger partial charge in [0, 0.05) is 28.9 Å². The van der Waals surface area contributed by atoms with E-state index in [1.54, 1.807) is 18.4 Å². The van der Waals surface area contributed by atoms with Crippen molar-refractivity contribution in [2.45, 2.75) is 18.6 Å². The minimum Gasteiger partial charge on any atom is -0.478 e. The molecule has 2 N–H and O–H groups in total. The third-order valence-corrected chi connectivity index (χ3v) is 4.17. The van der Waals surface area contributed by atoms with E-state index in [2.05, 4.69) is 5.32 Å². The first kappa shape index (κ1) is 15.4. The summed E-state index contributed by atoms with van der Waals surface area (Å²) in [6, 6.07) is 6.05. The number of carbonyl (C=O) groups excluding carboxylic acids is 1. The molecule has 2 unspecified atom stereocenters. The van der Waals surface area contributed by atoms with Crippen molar-refractivity contribution >= 4 is 22.7 Å². The molecule has 1 aromatic carbocycles. The summed E-state index contributed by atoms with van der Waals surface area (Å²) in [4.78, 5) is 22.8. The lowest BCUT2D eigenvalue weighted by atomic mass is 10.1. The van der Waals surface area contributed by atoms with E-state index in [4.69, 9.17) is 5.11 Å². The Hall–Kier alpha value is -1.69. The summed E-state index contributed by atoms with van der Waals surface area (Å²) >= 11 is 0. The average molecular weight is 283 g/mol. The van der Waals surface area contributed by atoms with Crippen molar-refractivity contribution in [3.05, 3.63) is 35.4 Å². The minimum atomic E-state index is -1.13. The van der Waals surface area contributed by atoms with Crippen molar-refractivity contribution < 1.29 is 18.9 Å². The second-order valence-electron chi connectivity index (χ2n) is 4.20. The largest absolute Gasteiger partial charge is 0.478 e. The zero-order valence-electron chi connectivity index (χ0n) is 10.9. The molecule has 0 spiro atoms. The summed E-state index contributed by atoms with van der Waals surface area (Å²) in [5.74, 6) is -1.55. The Balaban J connectivity index is 2.64. The van der Waals surface area contributed by atoms with E-state index in [-0.39, 0.29) is 16.4 Å². The zero-order valence-corrected chi connectivity index (χ0v) is 11.7. The summed E-state index contributed by atoms with van der Waals surface area (Å²) in [6.07, 6.45) is 2.20. The molecule has 1 rings (SSSR count). The van der Waals surface area contributed by atoms with E-state index in [0.29, 0.717) is 13.0 Å². The third-order valence-electron chi connectivity index (χ3n) is 2.81. The fourth-order valence-electron chi connectivity index (χ4n) is 1.52. The summed E-state index contributed by atoms with van der Waals surface area (Å²) < 4.78 is 11.2. The molecule has 0 saturated heterocycles. The second kappa shape index (κ2) is 7.04. The molecule has 0 aromatic heterocycles. The van der Waals surface area contributed by atoms with Crippen LogP contribution >= 0.6 is 0 Å². The predicted molar refractivity (Wildman–Crippen MR) is 73.9 cm³/mol. The van der Waals surface area contributed by atoms with Crippen molar-refractivity contribution in [1.82, 2.24) is 5.32 Å². The third kappa shape index (κ3) is 4.48. The Morgan fingerprint density at radius 3 is 2.42 bits per heavy atom. The second-order valence-corrected chi connectivity index (χ2v) is 6.01. The molecule has 0 radical (unpaired) electrons. The van der Waals surface area contributed by atoms with Gasteiger partial charge in [-0.3, -0.25) is 9.00 Å². The molecule has 0 heterocycles. The Morgan fingerprint density at radius 1 is 1.32 bits per heavy atom. The van der Waals surface area contributed by atoms with Crippen molar-refractivity contribution in [3.63, 3.8) is 0 Å². The quantitative estimate of drug-likeness (QED) is 0.823. The van der Waals surface area contributed by atoms with E-state index in [0.717, 1.165) is 0 Å². The Kier molecular flexibility index (Phi) is 5.69. The lowest BCUT2D eigenvalue weighted by molar-refractivity contribution is 0.0691. The summed E-state index contributed by atoms with van der Waals surface area (Å²) in [7, 11) is -0.927. The number of rotatable bonds is 6. The molecule has 5 nitrogen and oxygen atoms in total. The van der Waals surface area contributed by atoms with Crippen LogP contribution in [0.25, 0.3) is 0 Å². The van der Waals surface area contributed by atoms with Gasteiger partial charge in [0.15, 0.2) is 0 Å². The molecule has 0 saturated carbocycles. The number of carbonyl (C=O) groups is 2. The van der Waals surface area contributed by atoms with Gasteiger partial charge in [-0.2, -0.15) is 0 Å². The molecule has 1 amide bonds. The van der Waals surface area contributed by atoms with Crippen LogP contribution in [0.2, 0.25) is 0 Å². The Morgan fingerprint density at radius 2 is 1.89 bits per heavy atom. The first-order valence-electron chi connectivity index (χ1n) is 5.86. The standard InChI is InChI=1S/C13H17NO4S/c1-9(19(2)18)7-8-14-12(15)10-5-3-4-6-11(10)13(16)17/h3-6,9H,7-8H2,1-2H3,(H,14,15)(H,16,17). The van der Waals surface area contributed by atoms with Crippen LogP contribution in [0.15, 0.2) is 24.3 Å². The topological polar surface area (TPSA) is 83.5 Å². The van der Waals surface area contributed by atoms with Crippen molar-refractivity contribution in [3.8, 4) is 0 Å². The van der Waals surface area contributed by atoms with Crippen molar-refractivity contribution in [2.75, 3.05) is 12.8 Å². The highest BCUT2D eigenvalue weighted by atomic mass is 32.2. The molecule has 0 fully saturated rings. The van der Waals surface area contributed by atoms with Crippen LogP contribution in [-0.4, -0.2) is 39.2 Å². The van der Waals surface area contributed by atoms with Gasteiger partial charge in [0.05, 0.1) is 11.1 Å². The van der Waals surface area contributed by atoms with Gasteiger partial charge in [0.25, 0.3) is 5.91 Å². The highest BCUT2D eigenvalue weighted by Gasteiger charge is 2.15. The number of carboxylic acid groups (broad SMARTS) is 1. The van der Waals surface area contributed by atoms with Crippen LogP contribution in [-0.2, 0) is 10.8 Å². The van der Waals surface area contributed by atoms with Gasteiger partial charge in [-0.15, -0.1) is 0 Å². The molecule has 0 aliphatic carbocycles. The number of amides is 1. The van der Waals surface area contributed by atoms with Crippen LogP contribution in [0, 0.1) is 0 Å². The molecule has 0 aliphatic heterocycles. The smallest absolute Gasteiger partial charge is 0.336 e. The first-order chi connectivity index (χ1) is 8.93. The van der Waals surface area contributed by atoms with Crippen LogP contribution in [0.5, 0.6) is 0 Å². The van der Waals surface area contributed by atoms with E-state index in [9.17, 15) is 13.8 Å². The lowest BCUT2D eigenvalue weighted by Gasteiger charge is -2.10. The Bertz CT molecular complexity index is 501. The fourth-order valence-corrected chi connectivity index (χ4v) is 1.97. The maximum atomic E-state index is 11.9. The molecule has 6 heteroatoms. The van der Waals surface area contributed by atoms with Crippen LogP contribution in [0.4, 0.5) is 0 Å². The Labute approximate surface area is 114 Å². The van der Waals surface area contributed by atoms with E-state index >= 15 is 0 Å². The lowest BCUT2D eigenvalue weighted by Crippen LogP contribution is -2.28. The predicted octanol–water partition coefficient (Wildman–Crippen LogP) is 1.27. The normalized spacial score (nSPS) is 13.6. The molecule has 0 aliphatic rings. The maximum Gasteiger partial charge on any atom is 0.336 e. The maximum absolute atomic E-state index is 11.9. The molecular formula is C13H17NO4S. The summed E-state index contributed by atoms with van der Waals surface area (Å²) in [6.45, 7) is 2.21. The van der Waals surface area contributed by atoms with Gasteiger partial charge in [-0.1, -0.05) is 19.1 Å². The molecule has 104 valence electrons. The highest BCUT2D eigenvalue weighted by Crippen LogP contribution is 2.08. The van der Waals surface area contributed by atoms with Crippen LogP contribution in [0.1, 0.15) is 34.1 Å². The summed E-state index contributed by atoms with van der Waals surface area (Å²) in [5.41, 5.74) is 0.118. The molecule has 2 atom stereocenters. The van der Waals surface area contributed by atoms with Gasteiger partial charge >= 0.3 is 5.97 Å². The van der Waals surface area contributed by atoms with Gasteiger partial charge < -0.3 is 10.4 Å². The number of aromatic carboxylic acids is 1. The van der Waals surface area contributed by atoms with E-state index in [1.807, 2.05) is 6.92 Å². The molecule has 0 bridgehead atoms. The number of carboxylic acids is 1. The monoisotopic (exact) mass is 283 g/mol. The molecular weight excluding hydrogens is 266 g/mol. The number of nitrogens with one attached hydrogen (secondary N) is 1. The van der Waals surface area contributed by atoms with Crippen LogP contribution in [0.3, 0.4) is 0 Å². The molecule has 19 heavy (non-hydrogen) atoms. The van der Waals surface area contributed by atoms with E-state index in [1.165, 1.54) is 12.1 Å². The SMILES string of the molecule is CC(CCNC(=O)c1ccccc1C(=O)O)S(C)=O. The van der Waals surface area contributed by atoms with E-state index < -0.39 is 22.7 Å². The first-order valence-corrected chi connectivity index (χ1v) is 7.48. The van der Waals surface area contributed by atoms with Gasteiger partial charge in [0.1, 0.15) is 0 Å². The van der Waals surface area contributed by atoms with Crippen LogP contribution < -0.4 is 5.32 Å². The van der Waals surface area contributed by atoms with Crippen molar-refractivity contribution in [2.24, 2.45) is 0 Å². The number of benzene rings is 1. The summed E-state index contributed by atoms with van der Waals surface area (Å²) in [5, 5.41) is 11.6.